The molecular formula is C35H54N2O3. The molecule has 0 bridgehead atoms. The molecule has 1 aromatic rings. The number of piperazine rings is 1. The first kappa shape index (κ1) is 28.7. The molecule has 10 unspecified atom stereocenters. The average Bonchev–Trinajstić information content (AvgIpc) is 3.32. The summed E-state index contributed by atoms with van der Waals surface area (Å²) in [6.07, 6.45) is 10.2. The number of fused-ring (bicyclic) bond motifs is 5. The van der Waals surface area contributed by atoms with E-state index in [2.05, 4.69) is 60.9 Å². The van der Waals surface area contributed by atoms with Gasteiger partial charge in [-0.05, 0) is 110 Å². The van der Waals surface area contributed by atoms with Crippen molar-refractivity contribution in [3.05, 3.63) is 35.9 Å². The van der Waals surface area contributed by atoms with E-state index in [1.165, 1.54) is 31.2 Å². The zero-order chi connectivity index (χ0) is 28.1. The molecule has 0 radical (unpaired) electrons. The van der Waals surface area contributed by atoms with Gasteiger partial charge in [0.2, 0.25) is 5.91 Å². The Hall–Kier alpha value is -1.43. The highest BCUT2D eigenvalue weighted by molar-refractivity contribution is 5.76. The molecule has 4 aliphatic carbocycles. The van der Waals surface area contributed by atoms with Crippen molar-refractivity contribution in [2.75, 3.05) is 26.2 Å². The van der Waals surface area contributed by atoms with Crippen molar-refractivity contribution in [2.24, 2.45) is 46.3 Å². The van der Waals surface area contributed by atoms with Crippen LogP contribution in [-0.2, 0) is 11.3 Å². The average molecular weight is 551 g/mol. The SMILES string of the molecule is CC(CCC(=O)N1CCN(Cc2ccccc2)CC1)C1CCC2C3CCC4CC(O)CCC4(C)C3CC(O)C12C. The first-order valence-corrected chi connectivity index (χ1v) is 16.6. The van der Waals surface area contributed by atoms with Crippen LogP contribution < -0.4 is 0 Å². The summed E-state index contributed by atoms with van der Waals surface area (Å²) in [5.74, 6) is 3.83. The Balaban J connectivity index is 1.03. The third-order valence-electron chi connectivity index (χ3n) is 13.3. The first-order chi connectivity index (χ1) is 19.2. The van der Waals surface area contributed by atoms with Crippen LogP contribution in [0.5, 0.6) is 0 Å². The molecule has 1 aromatic carbocycles. The highest BCUT2D eigenvalue weighted by Crippen LogP contribution is 2.68. The highest BCUT2D eigenvalue weighted by atomic mass is 16.3. The maximum Gasteiger partial charge on any atom is 0.222 e. The normalized spacial score (nSPS) is 42.5. The number of aliphatic hydroxyl groups is 2. The molecule has 1 amide bonds. The van der Waals surface area contributed by atoms with E-state index in [1.807, 2.05) is 0 Å². The predicted molar refractivity (Wildman–Crippen MR) is 159 cm³/mol. The molecule has 222 valence electrons. The second kappa shape index (κ2) is 11.3. The topological polar surface area (TPSA) is 64.0 Å². The lowest BCUT2D eigenvalue weighted by molar-refractivity contribution is -0.175. The number of amides is 1. The van der Waals surface area contributed by atoms with E-state index >= 15 is 0 Å². The van der Waals surface area contributed by atoms with Crippen molar-refractivity contribution in [1.82, 2.24) is 9.80 Å². The van der Waals surface area contributed by atoms with Gasteiger partial charge in [-0.2, -0.15) is 0 Å². The van der Waals surface area contributed by atoms with E-state index in [4.69, 9.17) is 0 Å². The Morgan fingerprint density at radius 2 is 1.70 bits per heavy atom. The summed E-state index contributed by atoms with van der Waals surface area (Å²) in [5.41, 5.74) is 1.60. The molecule has 1 saturated heterocycles. The second-order valence-corrected chi connectivity index (χ2v) is 15.0. The Bertz CT molecular complexity index is 1020. The van der Waals surface area contributed by atoms with Crippen LogP contribution in [0.3, 0.4) is 0 Å². The zero-order valence-electron chi connectivity index (χ0n) is 25.3. The Morgan fingerprint density at radius 1 is 0.950 bits per heavy atom. The Kier molecular flexibility index (Phi) is 8.13. The molecule has 4 saturated carbocycles. The third kappa shape index (κ3) is 5.07. The minimum Gasteiger partial charge on any atom is -0.393 e. The number of aliphatic hydroxyl groups excluding tert-OH is 2. The van der Waals surface area contributed by atoms with Crippen LogP contribution in [0.1, 0.15) is 90.5 Å². The largest absolute Gasteiger partial charge is 0.393 e. The minimum atomic E-state index is -0.246. The summed E-state index contributed by atoms with van der Waals surface area (Å²) in [5, 5.41) is 22.2. The van der Waals surface area contributed by atoms with Crippen LogP contribution in [0.4, 0.5) is 0 Å². The summed E-state index contributed by atoms with van der Waals surface area (Å²) in [6.45, 7) is 11.8. The second-order valence-electron chi connectivity index (χ2n) is 15.0. The lowest BCUT2D eigenvalue weighted by Gasteiger charge is -2.62. The molecule has 1 aliphatic heterocycles. The molecule has 6 rings (SSSR count). The van der Waals surface area contributed by atoms with Crippen LogP contribution in [0.15, 0.2) is 30.3 Å². The standard InChI is InChI=1S/C35H54N2O3/c1-24(9-14-33(40)37-19-17-36(18-20-37)23-25-7-5-4-6-8-25)29-12-13-30-28-11-10-26-21-27(38)15-16-34(26,2)31(28)22-32(39)35(29,30)3/h4-8,24,26-32,38-39H,9-23H2,1-3H3. The van der Waals surface area contributed by atoms with Gasteiger partial charge in [0.15, 0.2) is 0 Å². The van der Waals surface area contributed by atoms with Crippen LogP contribution in [-0.4, -0.2) is 64.3 Å². The molecule has 10 atom stereocenters. The third-order valence-corrected chi connectivity index (χ3v) is 13.3. The molecular weight excluding hydrogens is 496 g/mol. The fourth-order valence-corrected chi connectivity index (χ4v) is 10.9. The van der Waals surface area contributed by atoms with Crippen molar-refractivity contribution in [3.8, 4) is 0 Å². The Labute approximate surface area is 242 Å². The predicted octanol–water partition coefficient (Wildman–Crippen LogP) is 5.74. The van der Waals surface area contributed by atoms with Crippen molar-refractivity contribution >= 4 is 5.91 Å². The van der Waals surface area contributed by atoms with E-state index < -0.39 is 0 Å². The van der Waals surface area contributed by atoms with Crippen molar-refractivity contribution < 1.29 is 15.0 Å². The number of nitrogens with zero attached hydrogens (tertiary/aromatic N) is 2. The van der Waals surface area contributed by atoms with E-state index in [-0.39, 0.29) is 23.0 Å². The van der Waals surface area contributed by atoms with E-state index in [9.17, 15) is 15.0 Å². The number of benzene rings is 1. The minimum absolute atomic E-state index is 0.0237. The number of rotatable bonds is 6. The summed E-state index contributed by atoms with van der Waals surface area (Å²) in [7, 11) is 0. The van der Waals surface area contributed by atoms with Crippen LogP contribution in [0.25, 0.3) is 0 Å². The Morgan fingerprint density at radius 3 is 2.45 bits per heavy atom. The van der Waals surface area contributed by atoms with Crippen molar-refractivity contribution in [1.29, 1.82) is 0 Å². The maximum atomic E-state index is 13.2. The van der Waals surface area contributed by atoms with Gasteiger partial charge in [0, 0.05) is 39.1 Å². The molecule has 5 fully saturated rings. The summed E-state index contributed by atoms with van der Waals surface area (Å²) >= 11 is 0. The van der Waals surface area contributed by atoms with Crippen molar-refractivity contribution in [2.45, 2.75) is 104 Å². The molecule has 5 heteroatoms. The molecule has 40 heavy (non-hydrogen) atoms. The van der Waals surface area contributed by atoms with Crippen LogP contribution in [0, 0.1) is 46.3 Å². The van der Waals surface area contributed by atoms with Gasteiger partial charge in [0.25, 0.3) is 0 Å². The maximum absolute atomic E-state index is 13.2. The lowest BCUT2D eigenvalue weighted by atomic mass is 9.43. The van der Waals surface area contributed by atoms with Gasteiger partial charge in [-0.3, -0.25) is 9.69 Å². The van der Waals surface area contributed by atoms with Gasteiger partial charge in [-0.25, -0.2) is 0 Å². The van der Waals surface area contributed by atoms with E-state index in [0.717, 1.165) is 70.7 Å². The fourth-order valence-electron chi connectivity index (χ4n) is 10.9. The summed E-state index contributed by atoms with van der Waals surface area (Å²) in [6, 6.07) is 10.6. The number of carbonyl (C=O) groups excluding carboxylic acids is 1. The molecule has 1 heterocycles. The number of hydrogen-bond acceptors (Lipinski definition) is 4. The van der Waals surface area contributed by atoms with E-state index in [1.54, 1.807) is 0 Å². The zero-order valence-corrected chi connectivity index (χ0v) is 25.3. The van der Waals surface area contributed by atoms with Gasteiger partial charge < -0.3 is 15.1 Å². The summed E-state index contributed by atoms with van der Waals surface area (Å²) < 4.78 is 0. The quantitative estimate of drug-likeness (QED) is 0.474. The fraction of sp³-hybridized carbons (Fsp3) is 0.800. The van der Waals surface area contributed by atoms with Crippen molar-refractivity contribution in [3.63, 3.8) is 0 Å². The molecule has 5 aliphatic rings. The smallest absolute Gasteiger partial charge is 0.222 e. The van der Waals surface area contributed by atoms with Gasteiger partial charge in [-0.15, -0.1) is 0 Å². The summed E-state index contributed by atoms with van der Waals surface area (Å²) in [4.78, 5) is 17.8. The lowest BCUT2D eigenvalue weighted by Crippen LogP contribution is -2.58. The van der Waals surface area contributed by atoms with E-state index in [0.29, 0.717) is 41.9 Å². The van der Waals surface area contributed by atoms with Gasteiger partial charge in [-0.1, -0.05) is 51.1 Å². The molecule has 0 aromatic heterocycles. The molecule has 2 N–H and O–H groups in total. The first-order valence-electron chi connectivity index (χ1n) is 16.6. The molecule has 0 spiro atoms. The van der Waals surface area contributed by atoms with Gasteiger partial charge in [0.05, 0.1) is 12.2 Å². The number of carbonyl (C=O) groups is 1. The van der Waals surface area contributed by atoms with Gasteiger partial charge >= 0.3 is 0 Å². The highest BCUT2D eigenvalue weighted by Gasteiger charge is 2.63. The van der Waals surface area contributed by atoms with Gasteiger partial charge in [0.1, 0.15) is 0 Å². The van der Waals surface area contributed by atoms with Crippen LogP contribution in [0.2, 0.25) is 0 Å². The van der Waals surface area contributed by atoms with Crippen LogP contribution >= 0.6 is 0 Å². The number of hydrogen-bond donors (Lipinski definition) is 2. The monoisotopic (exact) mass is 550 g/mol. The molecule has 5 nitrogen and oxygen atoms in total.